The van der Waals surface area contributed by atoms with E-state index in [1.54, 1.807) is 18.3 Å². The van der Waals surface area contributed by atoms with Crippen molar-refractivity contribution in [1.82, 2.24) is 10.3 Å². The van der Waals surface area contributed by atoms with Gasteiger partial charge in [-0.05, 0) is 30.7 Å². The van der Waals surface area contributed by atoms with Gasteiger partial charge in [0, 0.05) is 24.6 Å². The third-order valence-corrected chi connectivity index (χ3v) is 4.88. The highest BCUT2D eigenvalue weighted by molar-refractivity contribution is 7.99. The van der Waals surface area contributed by atoms with Gasteiger partial charge < -0.3 is 10.1 Å². The summed E-state index contributed by atoms with van der Waals surface area (Å²) in [4.78, 5) is 16.4. The van der Waals surface area contributed by atoms with E-state index in [-0.39, 0.29) is 12.0 Å². The van der Waals surface area contributed by atoms with E-state index in [0.29, 0.717) is 18.0 Å². The molecule has 1 atom stereocenters. The molecule has 0 aliphatic carbocycles. The Labute approximate surface area is 140 Å². The Bertz CT molecular complexity index is 650. The molecule has 1 N–H and O–H groups in total. The molecule has 2 aromatic rings. The fraction of sp³-hybridized carbons (Fsp3) is 0.333. The molecule has 1 aromatic carbocycles. The van der Waals surface area contributed by atoms with Crippen molar-refractivity contribution < 1.29 is 9.53 Å². The van der Waals surface area contributed by atoms with Crippen LogP contribution in [0.25, 0.3) is 0 Å². The lowest BCUT2D eigenvalue weighted by Crippen LogP contribution is -2.23. The average molecular weight is 328 g/mol. The Kier molecular flexibility index (Phi) is 5.18. The quantitative estimate of drug-likeness (QED) is 0.916. The number of hydrogen-bond acceptors (Lipinski definition) is 4. The first-order chi connectivity index (χ1) is 11.2. The third kappa shape index (κ3) is 4.48. The van der Waals surface area contributed by atoms with Gasteiger partial charge in [-0.25, -0.2) is 4.98 Å². The van der Waals surface area contributed by atoms with E-state index in [1.165, 1.54) is 5.56 Å². The number of pyridine rings is 1. The summed E-state index contributed by atoms with van der Waals surface area (Å²) in [6.45, 7) is 2.55. The van der Waals surface area contributed by atoms with E-state index in [1.807, 2.05) is 43.0 Å². The molecule has 120 valence electrons. The minimum atomic E-state index is -0.124. The molecule has 1 fully saturated rings. The lowest BCUT2D eigenvalue weighted by Gasteiger charge is -2.11. The zero-order valence-corrected chi connectivity index (χ0v) is 13.9. The average Bonchev–Trinajstić information content (AvgIpc) is 3.08. The van der Waals surface area contributed by atoms with Crippen molar-refractivity contribution >= 4 is 17.7 Å². The van der Waals surface area contributed by atoms with E-state index in [0.717, 1.165) is 23.5 Å². The molecule has 1 aromatic heterocycles. The van der Waals surface area contributed by atoms with Gasteiger partial charge in [-0.2, -0.15) is 11.8 Å². The van der Waals surface area contributed by atoms with Crippen LogP contribution in [0.3, 0.4) is 0 Å². The summed E-state index contributed by atoms with van der Waals surface area (Å²) < 4.78 is 5.79. The van der Waals surface area contributed by atoms with Crippen LogP contribution in [-0.4, -0.2) is 28.5 Å². The molecule has 0 saturated carbocycles. The molecule has 1 aliphatic rings. The zero-order chi connectivity index (χ0) is 16.1. The SMILES string of the molecule is Cc1ccc(CNC(=O)c2ccc(OC3CCSC3)nc2)cc1. The van der Waals surface area contributed by atoms with E-state index < -0.39 is 0 Å². The Morgan fingerprint density at radius 1 is 1.30 bits per heavy atom. The molecule has 0 spiro atoms. The number of carbonyl (C=O) groups is 1. The molecule has 4 nitrogen and oxygen atoms in total. The highest BCUT2D eigenvalue weighted by Gasteiger charge is 2.17. The van der Waals surface area contributed by atoms with Crippen LogP contribution in [0.1, 0.15) is 27.9 Å². The van der Waals surface area contributed by atoms with Crippen LogP contribution in [0, 0.1) is 6.92 Å². The summed E-state index contributed by atoms with van der Waals surface area (Å²) in [6.07, 6.45) is 2.88. The predicted molar refractivity (Wildman–Crippen MR) is 92.9 cm³/mol. The highest BCUT2D eigenvalue weighted by atomic mass is 32.2. The Morgan fingerprint density at radius 2 is 2.13 bits per heavy atom. The van der Waals surface area contributed by atoms with Gasteiger partial charge >= 0.3 is 0 Å². The molecule has 1 amide bonds. The molecular formula is C18H20N2O2S. The molecule has 1 saturated heterocycles. The van der Waals surface area contributed by atoms with Gasteiger partial charge in [0.15, 0.2) is 0 Å². The molecule has 0 radical (unpaired) electrons. The van der Waals surface area contributed by atoms with Crippen LogP contribution in [0.5, 0.6) is 5.88 Å². The second-order valence-corrected chi connectivity index (χ2v) is 6.81. The maximum Gasteiger partial charge on any atom is 0.253 e. The molecule has 23 heavy (non-hydrogen) atoms. The number of rotatable bonds is 5. The normalized spacial score (nSPS) is 17.0. The van der Waals surface area contributed by atoms with Crippen LogP contribution in [0.15, 0.2) is 42.6 Å². The number of aromatic nitrogens is 1. The fourth-order valence-corrected chi connectivity index (χ4v) is 3.45. The topological polar surface area (TPSA) is 51.2 Å². The Morgan fingerprint density at radius 3 is 2.78 bits per heavy atom. The van der Waals surface area contributed by atoms with Gasteiger partial charge in [0.05, 0.1) is 5.56 Å². The first-order valence-corrected chi connectivity index (χ1v) is 8.90. The number of amides is 1. The number of ether oxygens (including phenoxy) is 1. The first-order valence-electron chi connectivity index (χ1n) is 7.75. The van der Waals surface area contributed by atoms with Crippen molar-refractivity contribution in [3.8, 4) is 5.88 Å². The van der Waals surface area contributed by atoms with Crippen LogP contribution < -0.4 is 10.1 Å². The monoisotopic (exact) mass is 328 g/mol. The first kappa shape index (κ1) is 15.9. The maximum absolute atomic E-state index is 12.1. The van der Waals surface area contributed by atoms with Gasteiger partial charge in [-0.3, -0.25) is 4.79 Å². The Balaban J connectivity index is 1.53. The van der Waals surface area contributed by atoms with E-state index in [9.17, 15) is 4.79 Å². The number of benzene rings is 1. The standard InChI is InChI=1S/C18H20N2O2S/c1-13-2-4-14(5-3-13)10-20-18(21)15-6-7-17(19-11-15)22-16-8-9-23-12-16/h2-7,11,16H,8-10,12H2,1H3,(H,20,21). The second-order valence-electron chi connectivity index (χ2n) is 5.66. The van der Waals surface area contributed by atoms with Gasteiger partial charge in [-0.15, -0.1) is 0 Å². The minimum Gasteiger partial charge on any atom is -0.473 e. The molecule has 0 bridgehead atoms. The molecule has 2 heterocycles. The van der Waals surface area contributed by atoms with Crippen LogP contribution in [-0.2, 0) is 6.54 Å². The van der Waals surface area contributed by atoms with Crippen molar-refractivity contribution in [2.45, 2.75) is 26.0 Å². The van der Waals surface area contributed by atoms with Gasteiger partial charge in [-0.1, -0.05) is 29.8 Å². The summed E-state index contributed by atoms with van der Waals surface area (Å²) >= 11 is 1.90. The summed E-state index contributed by atoms with van der Waals surface area (Å²) in [5, 5.41) is 2.90. The largest absolute Gasteiger partial charge is 0.473 e. The predicted octanol–water partition coefficient (Wildman–Crippen LogP) is 3.20. The lowest BCUT2D eigenvalue weighted by atomic mass is 10.1. The fourth-order valence-electron chi connectivity index (χ4n) is 2.35. The van der Waals surface area contributed by atoms with Gasteiger partial charge in [0.25, 0.3) is 5.91 Å². The number of hydrogen-bond donors (Lipinski definition) is 1. The summed E-state index contributed by atoms with van der Waals surface area (Å²) in [5.41, 5.74) is 2.83. The van der Waals surface area contributed by atoms with Crippen LogP contribution >= 0.6 is 11.8 Å². The molecule has 1 unspecified atom stereocenters. The second kappa shape index (κ2) is 7.51. The van der Waals surface area contributed by atoms with Crippen molar-refractivity contribution in [2.24, 2.45) is 0 Å². The van der Waals surface area contributed by atoms with Crippen LogP contribution in [0.4, 0.5) is 0 Å². The number of carbonyl (C=O) groups excluding carboxylic acids is 1. The smallest absolute Gasteiger partial charge is 0.253 e. The van der Waals surface area contributed by atoms with Crippen molar-refractivity contribution in [3.05, 3.63) is 59.3 Å². The maximum atomic E-state index is 12.1. The van der Waals surface area contributed by atoms with Gasteiger partial charge in [0.2, 0.25) is 5.88 Å². The number of aryl methyl sites for hydroxylation is 1. The van der Waals surface area contributed by atoms with Crippen LogP contribution in [0.2, 0.25) is 0 Å². The van der Waals surface area contributed by atoms with E-state index in [2.05, 4.69) is 10.3 Å². The third-order valence-electron chi connectivity index (χ3n) is 3.75. The summed E-state index contributed by atoms with van der Waals surface area (Å²) in [6, 6.07) is 11.6. The van der Waals surface area contributed by atoms with E-state index in [4.69, 9.17) is 4.74 Å². The number of nitrogens with one attached hydrogen (secondary N) is 1. The minimum absolute atomic E-state index is 0.124. The highest BCUT2D eigenvalue weighted by Crippen LogP contribution is 2.21. The number of nitrogens with zero attached hydrogens (tertiary/aromatic N) is 1. The molecule has 1 aliphatic heterocycles. The van der Waals surface area contributed by atoms with Crippen molar-refractivity contribution in [1.29, 1.82) is 0 Å². The summed E-state index contributed by atoms with van der Waals surface area (Å²) in [7, 11) is 0. The van der Waals surface area contributed by atoms with Crippen molar-refractivity contribution in [2.75, 3.05) is 11.5 Å². The molecule has 3 rings (SSSR count). The van der Waals surface area contributed by atoms with E-state index >= 15 is 0 Å². The molecular weight excluding hydrogens is 308 g/mol. The lowest BCUT2D eigenvalue weighted by molar-refractivity contribution is 0.0950. The number of thioether (sulfide) groups is 1. The molecule has 5 heteroatoms. The zero-order valence-electron chi connectivity index (χ0n) is 13.1. The summed E-state index contributed by atoms with van der Waals surface area (Å²) in [5.74, 6) is 2.62. The van der Waals surface area contributed by atoms with Crippen molar-refractivity contribution in [3.63, 3.8) is 0 Å². The van der Waals surface area contributed by atoms with Gasteiger partial charge in [0.1, 0.15) is 6.10 Å². The Hall–Kier alpha value is -2.01.